The Morgan fingerprint density at radius 2 is 1.74 bits per heavy atom. The van der Waals surface area contributed by atoms with Gasteiger partial charge in [-0.2, -0.15) is 0 Å². The minimum atomic E-state index is 0.707. The summed E-state index contributed by atoms with van der Waals surface area (Å²) in [6.07, 6.45) is 0. The maximum atomic E-state index is 5.84. The van der Waals surface area contributed by atoms with Crippen molar-refractivity contribution in [2.24, 2.45) is 0 Å². The molecule has 1 fully saturated rings. The average Bonchev–Trinajstić information content (AvgIpc) is 2.63. The lowest BCUT2D eigenvalue weighted by molar-refractivity contribution is 0.0322. The van der Waals surface area contributed by atoms with E-state index < -0.39 is 0 Å². The highest BCUT2D eigenvalue weighted by molar-refractivity contribution is 5.65. The van der Waals surface area contributed by atoms with Gasteiger partial charge in [0.1, 0.15) is 18.1 Å². The molecule has 1 aliphatic heterocycles. The number of hydrogen-bond acceptors (Lipinski definition) is 4. The van der Waals surface area contributed by atoms with Crippen molar-refractivity contribution in [2.75, 3.05) is 46.6 Å². The lowest BCUT2D eigenvalue weighted by atomic mass is 10.1. The van der Waals surface area contributed by atoms with Crippen molar-refractivity contribution in [1.82, 2.24) is 4.90 Å². The summed E-state index contributed by atoms with van der Waals surface area (Å²) in [6, 6.07) is 16.3. The first kappa shape index (κ1) is 15.8. The normalized spacial score (nSPS) is 15.3. The third-order valence-corrected chi connectivity index (χ3v) is 4.04. The zero-order valence-electron chi connectivity index (χ0n) is 13.5. The molecule has 0 aliphatic carbocycles. The van der Waals surface area contributed by atoms with Crippen molar-refractivity contribution in [3.63, 3.8) is 0 Å². The topological polar surface area (TPSA) is 30.9 Å². The molecule has 23 heavy (non-hydrogen) atoms. The van der Waals surface area contributed by atoms with Gasteiger partial charge in [0.25, 0.3) is 0 Å². The predicted octanol–water partition coefficient (Wildman–Crippen LogP) is 3.07. The van der Waals surface area contributed by atoms with Gasteiger partial charge < -0.3 is 14.2 Å². The Morgan fingerprint density at radius 3 is 2.48 bits per heavy atom. The van der Waals surface area contributed by atoms with Crippen LogP contribution in [0, 0.1) is 0 Å². The second kappa shape index (κ2) is 7.99. The minimum Gasteiger partial charge on any atom is -0.497 e. The average molecular weight is 313 g/mol. The minimum absolute atomic E-state index is 0.707. The summed E-state index contributed by atoms with van der Waals surface area (Å²) >= 11 is 0. The second-order valence-corrected chi connectivity index (χ2v) is 5.56. The Kier molecular flexibility index (Phi) is 5.51. The molecule has 0 saturated carbocycles. The first-order chi connectivity index (χ1) is 11.3. The number of benzene rings is 2. The van der Waals surface area contributed by atoms with Gasteiger partial charge in [-0.15, -0.1) is 0 Å². The number of rotatable bonds is 6. The molecule has 1 heterocycles. The molecule has 4 heteroatoms. The lowest BCUT2D eigenvalue weighted by Gasteiger charge is -2.26. The highest BCUT2D eigenvalue weighted by Gasteiger charge is 2.09. The third-order valence-electron chi connectivity index (χ3n) is 4.04. The Bertz CT molecular complexity index is 606. The number of nitrogens with zero attached hydrogens (tertiary/aromatic N) is 1. The van der Waals surface area contributed by atoms with E-state index in [9.17, 15) is 0 Å². The van der Waals surface area contributed by atoms with E-state index in [1.165, 1.54) is 0 Å². The van der Waals surface area contributed by atoms with Crippen molar-refractivity contribution in [1.29, 1.82) is 0 Å². The van der Waals surface area contributed by atoms with Crippen LogP contribution in [-0.2, 0) is 4.74 Å². The molecule has 2 aromatic carbocycles. The van der Waals surface area contributed by atoms with Crippen LogP contribution < -0.4 is 9.47 Å². The molecular weight excluding hydrogens is 290 g/mol. The molecule has 0 aromatic heterocycles. The number of hydrogen-bond donors (Lipinski definition) is 0. The zero-order chi connectivity index (χ0) is 15.9. The Morgan fingerprint density at radius 1 is 0.957 bits per heavy atom. The molecule has 2 aromatic rings. The largest absolute Gasteiger partial charge is 0.497 e. The molecule has 0 radical (unpaired) electrons. The fourth-order valence-corrected chi connectivity index (χ4v) is 2.66. The zero-order valence-corrected chi connectivity index (χ0v) is 13.5. The summed E-state index contributed by atoms with van der Waals surface area (Å²) in [5.74, 6) is 1.78. The van der Waals surface area contributed by atoms with Crippen LogP contribution in [0.15, 0.2) is 48.5 Å². The van der Waals surface area contributed by atoms with Crippen LogP contribution in [0.4, 0.5) is 0 Å². The van der Waals surface area contributed by atoms with Crippen molar-refractivity contribution in [3.8, 4) is 22.6 Å². The van der Waals surface area contributed by atoms with Gasteiger partial charge in [-0.25, -0.2) is 0 Å². The van der Waals surface area contributed by atoms with Crippen LogP contribution in [0.5, 0.6) is 11.5 Å². The van der Waals surface area contributed by atoms with Crippen LogP contribution >= 0.6 is 0 Å². The molecule has 0 spiro atoms. The van der Waals surface area contributed by atoms with Gasteiger partial charge in [-0.05, 0) is 35.4 Å². The van der Waals surface area contributed by atoms with E-state index in [4.69, 9.17) is 14.2 Å². The van der Waals surface area contributed by atoms with Gasteiger partial charge >= 0.3 is 0 Å². The highest BCUT2D eigenvalue weighted by Crippen LogP contribution is 2.25. The quantitative estimate of drug-likeness (QED) is 0.820. The number of ether oxygens (including phenoxy) is 3. The van der Waals surface area contributed by atoms with Crippen molar-refractivity contribution in [3.05, 3.63) is 48.5 Å². The van der Waals surface area contributed by atoms with Gasteiger partial charge in [-0.3, -0.25) is 4.90 Å². The number of methoxy groups -OCH3 is 1. The summed E-state index contributed by atoms with van der Waals surface area (Å²) in [7, 11) is 1.69. The fraction of sp³-hybridized carbons (Fsp3) is 0.368. The fourth-order valence-electron chi connectivity index (χ4n) is 2.66. The SMILES string of the molecule is COc1cccc(-c2ccc(OCCN3CCOCC3)cc2)c1. The Labute approximate surface area is 137 Å². The van der Waals surface area contributed by atoms with Crippen LogP contribution in [0.25, 0.3) is 11.1 Å². The van der Waals surface area contributed by atoms with E-state index in [-0.39, 0.29) is 0 Å². The van der Waals surface area contributed by atoms with Gasteiger partial charge in [-0.1, -0.05) is 24.3 Å². The van der Waals surface area contributed by atoms with Crippen LogP contribution in [0.3, 0.4) is 0 Å². The number of morpholine rings is 1. The van der Waals surface area contributed by atoms with Crippen LogP contribution in [0.2, 0.25) is 0 Å². The molecule has 0 atom stereocenters. The van der Waals surface area contributed by atoms with Crippen molar-refractivity contribution >= 4 is 0 Å². The smallest absolute Gasteiger partial charge is 0.119 e. The molecule has 1 aliphatic rings. The van der Waals surface area contributed by atoms with E-state index in [1.54, 1.807) is 7.11 Å². The molecule has 1 saturated heterocycles. The van der Waals surface area contributed by atoms with Crippen molar-refractivity contribution < 1.29 is 14.2 Å². The summed E-state index contributed by atoms with van der Waals surface area (Å²) in [5.41, 5.74) is 2.30. The summed E-state index contributed by atoms with van der Waals surface area (Å²) in [4.78, 5) is 2.37. The first-order valence-corrected chi connectivity index (χ1v) is 8.02. The molecule has 122 valence electrons. The summed E-state index contributed by atoms with van der Waals surface area (Å²) in [6.45, 7) is 5.31. The molecule has 0 bridgehead atoms. The standard InChI is InChI=1S/C19H23NO3/c1-21-19-4-2-3-17(15-19)16-5-7-18(8-6-16)23-14-11-20-9-12-22-13-10-20/h2-8,15H,9-14H2,1H3. The van der Waals surface area contributed by atoms with Gasteiger partial charge in [0.15, 0.2) is 0 Å². The van der Waals surface area contributed by atoms with E-state index in [1.807, 2.05) is 30.3 Å². The predicted molar refractivity (Wildman–Crippen MR) is 91.2 cm³/mol. The second-order valence-electron chi connectivity index (χ2n) is 5.56. The third kappa shape index (κ3) is 4.47. The molecule has 0 amide bonds. The molecular formula is C19H23NO3. The maximum absolute atomic E-state index is 5.84. The first-order valence-electron chi connectivity index (χ1n) is 8.02. The van der Waals surface area contributed by atoms with E-state index in [0.29, 0.717) is 6.61 Å². The monoisotopic (exact) mass is 313 g/mol. The van der Waals surface area contributed by atoms with E-state index >= 15 is 0 Å². The Balaban J connectivity index is 1.54. The van der Waals surface area contributed by atoms with Crippen LogP contribution in [-0.4, -0.2) is 51.5 Å². The van der Waals surface area contributed by atoms with E-state index in [2.05, 4.69) is 23.1 Å². The van der Waals surface area contributed by atoms with Gasteiger partial charge in [0, 0.05) is 19.6 Å². The summed E-state index contributed by atoms with van der Waals surface area (Å²) in [5, 5.41) is 0. The van der Waals surface area contributed by atoms with Crippen molar-refractivity contribution in [2.45, 2.75) is 0 Å². The maximum Gasteiger partial charge on any atom is 0.119 e. The molecule has 0 unspecified atom stereocenters. The lowest BCUT2D eigenvalue weighted by Crippen LogP contribution is -2.38. The molecule has 4 nitrogen and oxygen atoms in total. The molecule has 0 N–H and O–H groups in total. The van der Waals surface area contributed by atoms with Gasteiger partial charge in [0.05, 0.1) is 20.3 Å². The van der Waals surface area contributed by atoms with E-state index in [0.717, 1.165) is 55.5 Å². The summed E-state index contributed by atoms with van der Waals surface area (Å²) < 4.78 is 16.5. The van der Waals surface area contributed by atoms with Crippen LogP contribution in [0.1, 0.15) is 0 Å². The van der Waals surface area contributed by atoms with Gasteiger partial charge in [0.2, 0.25) is 0 Å². The Hall–Kier alpha value is -2.04. The highest BCUT2D eigenvalue weighted by atomic mass is 16.5. The molecule has 3 rings (SSSR count).